The summed E-state index contributed by atoms with van der Waals surface area (Å²) in [6.45, 7) is 60.9. The van der Waals surface area contributed by atoms with Crippen LogP contribution in [0.5, 0.6) is 0 Å². The van der Waals surface area contributed by atoms with Gasteiger partial charge >= 0.3 is 0 Å². The van der Waals surface area contributed by atoms with E-state index in [-0.39, 0.29) is 158 Å². The molecular weight excluding hydrogens is 2660 g/mol. The number of rotatable bonds is 10. The van der Waals surface area contributed by atoms with E-state index >= 15 is 0 Å². The SMILES string of the molecule is CC(=O)C=C(C)O.CC(=O)C=C(C)O.CC(=O)C=C(C)O.CC(=O)C=C(C)O.CC(=O)C=C(C)O.Cc1[c-]c(-c2nc3cc(C)ccc3cc2C)c(C)c(C)c1.Cc1[c-]c(-c2nc3cc(C)ccc3cc2C)c(C)cc1.Cc1[c-]c(-c2nc3cc(C)ccc3cc2C)cc(C)c1.Cc1ccc2cc(C)c(-c3[c-]cc(C)c(C)c3)nc2c1.Cc1ccc2cc(C)c(-c3[c-]cc(C)c(C)c3C)nc2c1.[Ir].[Ir].[Ir].[Ir].[Ir]. The summed E-state index contributed by atoms with van der Waals surface area (Å²) >= 11 is 0. The maximum absolute atomic E-state index is 10.0. The van der Waals surface area contributed by atoms with Gasteiger partial charge in [0.15, 0.2) is 28.9 Å². The summed E-state index contributed by atoms with van der Waals surface area (Å²) < 4.78 is 0. The summed E-state index contributed by atoms with van der Waals surface area (Å²) in [7, 11) is 0. The zero-order valence-corrected chi connectivity index (χ0v) is 99.7. The van der Waals surface area contributed by atoms with Crippen LogP contribution in [0.2, 0.25) is 0 Å². The number of hydrogen-bond acceptors (Lipinski definition) is 15. The molecule has 757 valence electrons. The number of ketones is 5. The van der Waals surface area contributed by atoms with Crippen molar-refractivity contribution in [1.82, 2.24) is 24.9 Å². The number of aromatic nitrogens is 5. The number of aliphatic hydroxyl groups excluding tert-OH is 5. The second-order valence-corrected chi connectivity index (χ2v) is 35.6. The van der Waals surface area contributed by atoms with Crippen LogP contribution in [0, 0.1) is 183 Å². The van der Waals surface area contributed by atoms with Gasteiger partial charge in [0.05, 0.1) is 56.4 Å². The van der Waals surface area contributed by atoms with E-state index in [1.165, 1.54) is 238 Å². The van der Waals surface area contributed by atoms with Crippen LogP contribution >= 0.6 is 0 Å². The first kappa shape index (κ1) is 129. The molecule has 0 unspecified atom stereocenters. The second kappa shape index (κ2) is 60.9. The van der Waals surface area contributed by atoms with E-state index in [0.29, 0.717) is 0 Å². The maximum atomic E-state index is 10.0. The summed E-state index contributed by atoms with van der Waals surface area (Å²) in [5.74, 6) is -0.312. The van der Waals surface area contributed by atoms with Crippen molar-refractivity contribution in [2.75, 3.05) is 0 Å². The molecule has 20 heteroatoms. The normalized spacial score (nSPS) is 10.7. The zero-order valence-electron chi connectivity index (χ0n) is 87.7. The number of aliphatic hydroxyl groups is 5. The van der Waals surface area contributed by atoms with E-state index in [1.54, 1.807) is 0 Å². The number of benzene rings is 10. The third kappa shape index (κ3) is 41.5. The van der Waals surface area contributed by atoms with E-state index in [4.69, 9.17) is 50.5 Å². The Bertz CT molecular complexity index is 6960. The molecule has 0 saturated carbocycles. The van der Waals surface area contributed by atoms with Crippen molar-refractivity contribution >= 4 is 83.4 Å². The van der Waals surface area contributed by atoms with Gasteiger partial charge in [0.1, 0.15) is 0 Å². The van der Waals surface area contributed by atoms with Crippen molar-refractivity contribution < 1.29 is 150 Å². The van der Waals surface area contributed by atoms with E-state index in [2.05, 4.69) is 346 Å². The maximum Gasteiger partial charge on any atom is 0.155 e. The van der Waals surface area contributed by atoms with Gasteiger partial charge in [-0.1, -0.05) is 202 Å². The monoisotopic (exact) mass is 2790 g/mol. The number of carbonyl (C=O) groups is 5. The molecule has 0 aliphatic rings. The minimum absolute atomic E-state index is 0. The molecule has 15 rings (SSSR count). The zero-order chi connectivity index (χ0) is 102. The molecule has 0 amide bonds. The number of nitrogens with zero attached hydrogens (tertiary/aromatic N) is 5. The number of aryl methyl sites for hydroxylation is 19. The minimum atomic E-state index is -0.125. The van der Waals surface area contributed by atoms with Crippen LogP contribution in [0.1, 0.15) is 192 Å². The topological polar surface area (TPSA) is 251 Å². The van der Waals surface area contributed by atoms with Gasteiger partial charge in [-0.15, -0.1) is 173 Å². The first-order valence-electron chi connectivity index (χ1n) is 45.5. The molecule has 0 aliphatic carbocycles. The molecule has 10 aromatic carbocycles. The van der Waals surface area contributed by atoms with Crippen molar-refractivity contribution in [3.8, 4) is 56.3 Å². The molecular formula is C122H134Ir5N5O10-5. The molecule has 5 aromatic heterocycles. The van der Waals surface area contributed by atoms with Crippen LogP contribution in [0.15, 0.2) is 229 Å². The first-order chi connectivity index (χ1) is 64.2. The van der Waals surface area contributed by atoms with Crippen molar-refractivity contribution in [3.05, 3.63) is 382 Å². The van der Waals surface area contributed by atoms with Crippen molar-refractivity contribution in [2.45, 2.75) is 222 Å². The molecule has 0 fully saturated rings. The van der Waals surface area contributed by atoms with Crippen LogP contribution in [0.4, 0.5) is 0 Å². The van der Waals surface area contributed by atoms with Crippen molar-refractivity contribution in [3.63, 3.8) is 0 Å². The van der Waals surface area contributed by atoms with Crippen LogP contribution in [-0.4, -0.2) is 79.4 Å². The van der Waals surface area contributed by atoms with Crippen LogP contribution in [-0.2, 0) is 124 Å². The fraction of sp³-hybridized carbons (Fsp3) is 0.262. The van der Waals surface area contributed by atoms with Gasteiger partial charge < -0.3 is 25.5 Å². The van der Waals surface area contributed by atoms with Gasteiger partial charge in [0.2, 0.25) is 0 Å². The molecule has 0 bridgehead atoms. The number of pyridine rings is 5. The standard InChI is InChI=1S/2C20H20N.3C19H18N.5C5H8O2.5Ir/c1-12-6-8-17-11-14(3)20(21-19(17)10-12)18-9-7-13(2)15(4)16(18)5;1-12-6-7-17-11-15(4)20(21-19(17)10-12)18-9-13(2)8-14(3)16(18)5;1-12-5-7-16-11-15(4)19(20-18(16)9-12)17-8-6-13(2)14(3)10-17;1-12-5-7-14(3)17(9-12)19-15(4)11-16-8-6-13(2)10-18(16)20-19;1-12-5-6-16-11-15(4)19(20-18(16)10-12)17-8-13(2)7-14(3)9-17;5*1-4(6)3-5(2)7;;;;;/h2*6-8,10-11H,1-5H3;5-7,9-11H,1-4H3;2*5-8,10-11H,1-4H3;5*3,6H,1-2H3;;;;;/q5*-1;;;;;;;;;;. The molecule has 0 spiro atoms. The summed E-state index contributed by atoms with van der Waals surface area (Å²) in [6, 6.07) is 77.3. The smallest absolute Gasteiger partial charge is 0.155 e. The second-order valence-electron chi connectivity index (χ2n) is 35.6. The van der Waals surface area contributed by atoms with Crippen LogP contribution < -0.4 is 0 Å². The summed E-state index contributed by atoms with van der Waals surface area (Å²) in [6.07, 6.45) is 5.83. The number of carbonyl (C=O) groups excluding carboxylic acids is 5. The molecule has 15 aromatic rings. The Kier molecular flexibility index (Phi) is 55.1. The van der Waals surface area contributed by atoms with Gasteiger partial charge in [0, 0.05) is 131 Å². The molecule has 0 aliphatic heterocycles. The Morgan fingerprint density at radius 1 is 0.225 bits per heavy atom. The summed E-state index contributed by atoms with van der Waals surface area (Å²) in [4.78, 5) is 74.5. The average molecular weight is 2790 g/mol. The summed E-state index contributed by atoms with van der Waals surface area (Å²) in [5, 5.41) is 47.8. The largest absolute Gasteiger partial charge is 0.512 e. The van der Waals surface area contributed by atoms with Crippen molar-refractivity contribution in [2.24, 2.45) is 0 Å². The first-order valence-corrected chi connectivity index (χ1v) is 45.5. The molecule has 142 heavy (non-hydrogen) atoms. The molecule has 0 saturated heterocycles. The van der Waals surface area contributed by atoms with Crippen molar-refractivity contribution in [1.29, 1.82) is 0 Å². The predicted molar refractivity (Wildman–Crippen MR) is 570 cm³/mol. The molecule has 0 atom stereocenters. The van der Waals surface area contributed by atoms with Gasteiger partial charge in [-0.3, -0.25) is 48.9 Å². The minimum Gasteiger partial charge on any atom is -0.512 e. The Labute approximate surface area is 909 Å². The van der Waals surface area contributed by atoms with E-state index in [1.807, 2.05) is 6.07 Å². The quantitative estimate of drug-likeness (QED) is 0.0485. The van der Waals surface area contributed by atoms with E-state index in [0.717, 1.165) is 95.0 Å². The Morgan fingerprint density at radius 3 is 0.824 bits per heavy atom. The number of hydrogen-bond donors (Lipinski definition) is 5. The van der Waals surface area contributed by atoms with Gasteiger partial charge in [-0.25, -0.2) is 0 Å². The Balaban J connectivity index is 0.000000812. The number of allylic oxidation sites excluding steroid dienone is 10. The Morgan fingerprint density at radius 2 is 0.514 bits per heavy atom. The summed E-state index contributed by atoms with van der Waals surface area (Å²) in [5.41, 5.74) is 43.2. The molecule has 5 N–H and O–H groups in total. The third-order valence-electron chi connectivity index (χ3n) is 21.7. The fourth-order valence-electron chi connectivity index (χ4n) is 14.8. The third-order valence-corrected chi connectivity index (χ3v) is 21.7. The average Bonchev–Trinajstić information content (AvgIpc) is 0.788. The van der Waals surface area contributed by atoms with Gasteiger partial charge in [0.25, 0.3) is 0 Å². The van der Waals surface area contributed by atoms with Crippen LogP contribution in [0.25, 0.3) is 111 Å². The fourth-order valence-corrected chi connectivity index (χ4v) is 14.8. The molecule has 5 heterocycles. The van der Waals surface area contributed by atoms with Crippen LogP contribution in [0.3, 0.4) is 0 Å². The van der Waals surface area contributed by atoms with E-state index in [9.17, 15) is 24.0 Å². The number of fused-ring (bicyclic) bond motifs is 5. The molecule has 5 radical (unpaired) electrons. The van der Waals surface area contributed by atoms with Gasteiger partial charge in [-0.2, -0.15) is 0 Å². The predicted octanol–water partition coefficient (Wildman–Crippen LogP) is 30.5. The van der Waals surface area contributed by atoms with Gasteiger partial charge in [-0.05, 0) is 252 Å². The Hall–Kier alpha value is -11.5. The van der Waals surface area contributed by atoms with E-state index < -0.39 is 0 Å². The molecule has 15 nitrogen and oxygen atoms in total.